The van der Waals surface area contributed by atoms with Gasteiger partial charge in [0.25, 0.3) is 5.91 Å². The molecule has 0 N–H and O–H groups in total. The number of hydrogen-bond acceptors (Lipinski definition) is 7. The lowest BCUT2D eigenvalue weighted by molar-refractivity contribution is -0.121. The van der Waals surface area contributed by atoms with Crippen LogP contribution >= 0.6 is 35.6 Å². The minimum atomic E-state index is -0.102. The Labute approximate surface area is 202 Å². The Bertz CT molecular complexity index is 1010. The zero-order chi connectivity index (χ0) is 23.1. The highest BCUT2D eigenvalue weighted by molar-refractivity contribution is 8.26. The van der Waals surface area contributed by atoms with Crippen LogP contribution in [0.5, 0.6) is 23.0 Å². The van der Waals surface area contributed by atoms with Crippen LogP contribution in [-0.4, -0.2) is 49.1 Å². The van der Waals surface area contributed by atoms with Crippen LogP contribution < -0.4 is 18.9 Å². The third-order valence-electron chi connectivity index (χ3n) is 4.60. The predicted octanol–water partition coefficient (Wildman–Crippen LogP) is 5.43. The van der Waals surface area contributed by atoms with Crippen molar-refractivity contribution in [1.82, 2.24) is 4.90 Å². The molecule has 1 aliphatic heterocycles. The molecule has 0 radical (unpaired) electrons. The summed E-state index contributed by atoms with van der Waals surface area (Å²) in [5, 5.41) is 0.401. The third-order valence-corrected chi connectivity index (χ3v) is 6.26. The van der Waals surface area contributed by atoms with Gasteiger partial charge in [0.1, 0.15) is 15.8 Å². The van der Waals surface area contributed by atoms with Gasteiger partial charge in [-0.05, 0) is 55.0 Å². The Morgan fingerprint density at radius 1 is 1.06 bits per heavy atom. The molecule has 3 rings (SSSR count). The number of thiocarbonyl (C=S) groups is 1. The lowest BCUT2D eigenvalue weighted by atomic mass is 10.1. The SMILES string of the molecule is CCN1C(=O)/C(=C/c2cc(Cl)c(OCCCOc3ccc(OC)cc3)c(OC)c2)SC1=S. The molecule has 0 atom stereocenters. The number of hydrogen-bond donors (Lipinski definition) is 0. The maximum absolute atomic E-state index is 12.4. The van der Waals surface area contributed by atoms with Crippen LogP contribution in [0.4, 0.5) is 0 Å². The first-order valence-corrected chi connectivity index (χ1v) is 11.6. The second-order valence-corrected chi connectivity index (χ2v) is 8.77. The molecule has 0 unspecified atom stereocenters. The van der Waals surface area contributed by atoms with E-state index in [1.807, 2.05) is 31.2 Å². The van der Waals surface area contributed by atoms with Gasteiger partial charge in [-0.15, -0.1) is 0 Å². The van der Waals surface area contributed by atoms with E-state index < -0.39 is 0 Å². The summed E-state index contributed by atoms with van der Waals surface area (Å²) in [5.74, 6) is 2.39. The summed E-state index contributed by atoms with van der Waals surface area (Å²) in [7, 11) is 3.17. The molecule has 1 amide bonds. The van der Waals surface area contributed by atoms with E-state index in [2.05, 4.69) is 0 Å². The van der Waals surface area contributed by atoms with Crippen molar-refractivity contribution in [3.8, 4) is 23.0 Å². The number of carbonyl (C=O) groups excluding carboxylic acids is 1. The van der Waals surface area contributed by atoms with Gasteiger partial charge < -0.3 is 18.9 Å². The fraction of sp³-hybridized carbons (Fsp3) is 0.304. The van der Waals surface area contributed by atoms with Crippen LogP contribution in [-0.2, 0) is 4.79 Å². The van der Waals surface area contributed by atoms with Crippen molar-refractivity contribution in [3.63, 3.8) is 0 Å². The average Bonchev–Trinajstić information content (AvgIpc) is 3.06. The molecule has 1 saturated heterocycles. The van der Waals surface area contributed by atoms with E-state index in [0.717, 1.165) is 17.1 Å². The van der Waals surface area contributed by atoms with Gasteiger partial charge in [0.05, 0.1) is 37.4 Å². The number of benzene rings is 2. The van der Waals surface area contributed by atoms with Gasteiger partial charge in [-0.3, -0.25) is 9.69 Å². The Kier molecular flexibility index (Phi) is 8.67. The molecule has 170 valence electrons. The molecule has 2 aromatic rings. The lowest BCUT2D eigenvalue weighted by Crippen LogP contribution is -2.27. The number of amides is 1. The molecule has 0 aliphatic carbocycles. The fourth-order valence-electron chi connectivity index (χ4n) is 2.98. The van der Waals surface area contributed by atoms with Gasteiger partial charge in [0.2, 0.25) is 0 Å². The first-order valence-electron chi connectivity index (χ1n) is 9.99. The summed E-state index contributed by atoms with van der Waals surface area (Å²) in [6, 6.07) is 10.9. The summed E-state index contributed by atoms with van der Waals surface area (Å²) in [5.41, 5.74) is 0.735. The average molecular weight is 494 g/mol. The van der Waals surface area contributed by atoms with Crippen molar-refractivity contribution in [2.45, 2.75) is 13.3 Å². The van der Waals surface area contributed by atoms with E-state index in [1.165, 1.54) is 11.8 Å². The number of halogens is 1. The molecule has 6 nitrogen and oxygen atoms in total. The molecule has 9 heteroatoms. The number of ether oxygens (including phenoxy) is 4. The van der Waals surface area contributed by atoms with Crippen molar-refractivity contribution in [3.05, 3.63) is 51.9 Å². The van der Waals surface area contributed by atoms with Gasteiger partial charge in [-0.2, -0.15) is 0 Å². The standard InChI is InChI=1S/C23H24ClNO5S2/c1-4-25-22(26)20(32-23(25)31)14-15-12-18(24)21(19(13-15)28-3)30-11-5-10-29-17-8-6-16(27-2)7-9-17/h6-9,12-14H,4-5,10-11H2,1-3H3/b20-14-. The summed E-state index contributed by atoms with van der Waals surface area (Å²) >= 11 is 13.0. The normalized spacial score (nSPS) is 14.8. The van der Waals surface area contributed by atoms with Crippen LogP contribution in [0.3, 0.4) is 0 Å². The number of methoxy groups -OCH3 is 2. The summed E-state index contributed by atoms with van der Waals surface area (Å²) in [6.07, 6.45) is 2.42. The van der Waals surface area contributed by atoms with Crippen LogP contribution in [0.2, 0.25) is 5.02 Å². The Balaban J connectivity index is 1.59. The largest absolute Gasteiger partial charge is 0.497 e. The Morgan fingerprint density at radius 2 is 1.75 bits per heavy atom. The molecule has 1 aliphatic rings. The van der Waals surface area contributed by atoms with Crippen molar-refractivity contribution in [2.75, 3.05) is 34.0 Å². The molecule has 1 heterocycles. The van der Waals surface area contributed by atoms with Gasteiger partial charge in [0, 0.05) is 13.0 Å². The smallest absolute Gasteiger partial charge is 0.266 e. The topological polar surface area (TPSA) is 57.2 Å². The number of nitrogens with zero attached hydrogens (tertiary/aromatic N) is 1. The highest BCUT2D eigenvalue weighted by atomic mass is 35.5. The maximum atomic E-state index is 12.4. The molecular weight excluding hydrogens is 470 g/mol. The molecule has 32 heavy (non-hydrogen) atoms. The van der Waals surface area contributed by atoms with E-state index in [0.29, 0.717) is 51.9 Å². The molecule has 0 bridgehead atoms. The van der Waals surface area contributed by atoms with Crippen molar-refractivity contribution in [2.24, 2.45) is 0 Å². The van der Waals surface area contributed by atoms with Crippen LogP contribution in [0.1, 0.15) is 18.9 Å². The number of likely N-dealkylation sites (N-methyl/N-ethyl adjacent to an activating group) is 1. The van der Waals surface area contributed by atoms with Crippen molar-refractivity contribution >= 4 is 51.9 Å². The molecule has 2 aromatic carbocycles. The monoisotopic (exact) mass is 493 g/mol. The van der Waals surface area contributed by atoms with Crippen LogP contribution in [0.15, 0.2) is 41.3 Å². The maximum Gasteiger partial charge on any atom is 0.266 e. The highest BCUT2D eigenvalue weighted by Crippen LogP contribution is 2.39. The van der Waals surface area contributed by atoms with Crippen LogP contribution in [0, 0.1) is 0 Å². The first-order chi connectivity index (χ1) is 15.5. The molecule has 0 spiro atoms. The van der Waals surface area contributed by atoms with E-state index in [4.69, 9.17) is 42.8 Å². The second-order valence-electron chi connectivity index (χ2n) is 6.69. The summed E-state index contributed by atoms with van der Waals surface area (Å²) in [4.78, 5) is 14.6. The first kappa shape index (κ1) is 24.2. The van der Waals surface area contributed by atoms with E-state index in [1.54, 1.807) is 37.3 Å². The van der Waals surface area contributed by atoms with E-state index >= 15 is 0 Å². The molecule has 0 aromatic heterocycles. The van der Waals surface area contributed by atoms with Gasteiger partial charge in [-0.1, -0.05) is 35.6 Å². The predicted molar refractivity (Wildman–Crippen MR) is 132 cm³/mol. The van der Waals surface area contributed by atoms with E-state index in [-0.39, 0.29) is 5.91 Å². The molecular formula is C23H24ClNO5S2. The quantitative estimate of drug-likeness (QED) is 0.248. The number of thioether (sulfide) groups is 1. The number of rotatable bonds is 10. The second kappa shape index (κ2) is 11.4. The zero-order valence-corrected chi connectivity index (χ0v) is 20.4. The zero-order valence-electron chi connectivity index (χ0n) is 18.1. The number of carbonyl (C=O) groups is 1. The third kappa shape index (κ3) is 5.88. The van der Waals surface area contributed by atoms with Crippen LogP contribution in [0.25, 0.3) is 6.08 Å². The van der Waals surface area contributed by atoms with Gasteiger partial charge >= 0.3 is 0 Å². The van der Waals surface area contributed by atoms with Gasteiger partial charge in [0.15, 0.2) is 11.5 Å². The molecule has 1 fully saturated rings. The minimum Gasteiger partial charge on any atom is -0.497 e. The molecule has 0 saturated carbocycles. The van der Waals surface area contributed by atoms with Gasteiger partial charge in [-0.25, -0.2) is 0 Å². The lowest BCUT2D eigenvalue weighted by Gasteiger charge is -2.14. The van der Waals surface area contributed by atoms with Crippen molar-refractivity contribution < 1.29 is 23.7 Å². The summed E-state index contributed by atoms with van der Waals surface area (Å²) < 4.78 is 22.7. The summed E-state index contributed by atoms with van der Waals surface area (Å²) in [6.45, 7) is 3.33. The minimum absolute atomic E-state index is 0.102. The highest BCUT2D eigenvalue weighted by Gasteiger charge is 2.30. The fourth-order valence-corrected chi connectivity index (χ4v) is 4.64. The van der Waals surface area contributed by atoms with Crippen molar-refractivity contribution in [1.29, 1.82) is 0 Å². The Hall–Kier alpha value is -2.42. The Morgan fingerprint density at radius 3 is 2.38 bits per heavy atom. The van der Waals surface area contributed by atoms with E-state index in [9.17, 15) is 4.79 Å².